The Labute approximate surface area is 221 Å². The van der Waals surface area contributed by atoms with E-state index >= 15 is 0 Å². The molecule has 2 atom stereocenters. The Hall–Kier alpha value is -3.11. The highest BCUT2D eigenvalue weighted by Gasteiger charge is 2.47. The summed E-state index contributed by atoms with van der Waals surface area (Å²) >= 11 is 7.86. The largest absolute Gasteiger partial charge is 0.354 e. The molecule has 1 aromatic heterocycles. The number of nitrogens with one attached hydrogen (secondary N) is 1. The Balaban J connectivity index is 1.54. The fourth-order valence-corrected chi connectivity index (χ4v) is 5.92. The van der Waals surface area contributed by atoms with Gasteiger partial charge in [0.25, 0.3) is 5.92 Å². The second-order valence-electron chi connectivity index (χ2n) is 9.30. The predicted octanol–water partition coefficient (Wildman–Crippen LogP) is 5.59. The van der Waals surface area contributed by atoms with E-state index in [2.05, 4.69) is 10.3 Å². The fourth-order valence-electron chi connectivity index (χ4n) is 4.95. The van der Waals surface area contributed by atoms with Gasteiger partial charge in [-0.15, -0.1) is 11.3 Å². The van der Waals surface area contributed by atoms with Crippen LogP contribution in [-0.4, -0.2) is 41.3 Å². The maximum atomic E-state index is 14.4. The van der Waals surface area contributed by atoms with Crippen molar-refractivity contribution in [2.45, 2.75) is 49.7 Å². The zero-order valence-corrected chi connectivity index (χ0v) is 21.2. The second-order valence-corrected chi connectivity index (χ2v) is 10.6. The Kier molecular flexibility index (Phi) is 7.13. The molecule has 1 saturated heterocycles. The highest BCUT2D eigenvalue weighted by Crippen LogP contribution is 2.39. The summed E-state index contributed by atoms with van der Waals surface area (Å²) < 4.78 is 41.4. The SMILES string of the molecule is O=C(NC1CC(F)(F)C1)C(c1ccccc1Cl)N(CC1CCC(=O)N1c1nccs1)c1cccc(F)c1. The average molecular weight is 549 g/mol. The van der Waals surface area contributed by atoms with Crippen LogP contribution in [0.15, 0.2) is 60.1 Å². The molecule has 1 saturated carbocycles. The van der Waals surface area contributed by atoms with Crippen LogP contribution in [0, 0.1) is 5.82 Å². The number of hydrogen-bond acceptors (Lipinski definition) is 5. The van der Waals surface area contributed by atoms with Crippen LogP contribution < -0.4 is 15.1 Å². The third-order valence-corrected chi connectivity index (χ3v) is 7.81. The Morgan fingerprint density at radius 2 is 2.03 bits per heavy atom. The average Bonchev–Trinajstić information content (AvgIpc) is 3.48. The van der Waals surface area contributed by atoms with E-state index in [1.54, 1.807) is 51.7 Å². The number of benzene rings is 2. The summed E-state index contributed by atoms with van der Waals surface area (Å²) in [5, 5.41) is 5.36. The molecule has 2 fully saturated rings. The van der Waals surface area contributed by atoms with Crippen molar-refractivity contribution in [3.8, 4) is 0 Å². The number of alkyl halides is 2. The molecule has 1 aliphatic carbocycles. The van der Waals surface area contributed by atoms with Crippen LogP contribution in [0.4, 0.5) is 24.0 Å². The van der Waals surface area contributed by atoms with E-state index in [9.17, 15) is 22.8 Å². The predicted molar refractivity (Wildman–Crippen MR) is 137 cm³/mol. The number of aromatic nitrogens is 1. The zero-order valence-electron chi connectivity index (χ0n) is 19.6. The fraction of sp³-hybridized carbons (Fsp3) is 0.346. The molecular formula is C26H24ClF3N4O2S. The van der Waals surface area contributed by atoms with E-state index in [0.29, 0.717) is 34.2 Å². The van der Waals surface area contributed by atoms with Crippen LogP contribution in [0.5, 0.6) is 0 Å². The molecule has 2 aromatic carbocycles. The highest BCUT2D eigenvalue weighted by molar-refractivity contribution is 7.13. The molecule has 11 heteroatoms. The first-order valence-electron chi connectivity index (χ1n) is 11.9. The second kappa shape index (κ2) is 10.3. The number of anilines is 2. The van der Waals surface area contributed by atoms with Crippen LogP contribution in [0.25, 0.3) is 0 Å². The Morgan fingerprint density at radius 1 is 1.24 bits per heavy atom. The lowest BCUT2D eigenvalue weighted by Crippen LogP contribution is -2.54. The standard InChI is InChI=1S/C26H24ClF3N4O2S/c27-21-7-2-1-6-20(21)23(24(36)32-17-13-26(29,30)14-17)33(18-5-3-4-16(28)12-18)15-19-8-9-22(35)34(19)25-31-10-11-37-25/h1-7,10-12,17,19,23H,8-9,13-15H2,(H,32,36). The normalized spacial score (nSPS) is 19.9. The van der Waals surface area contributed by atoms with Gasteiger partial charge in [0.1, 0.15) is 11.9 Å². The lowest BCUT2D eigenvalue weighted by atomic mass is 9.87. The molecule has 2 aliphatic rings. The third kappa shape index (κ3) is 5.45. The van der Waals surface area contributed by atoms with Gasteiger partial charge in [-0.05, 0) is 30.7 Å². The van der Waals surface area contributed by atoms with Crippen molar-refractivity contribution in [1.82, 2.24) is 10.3 Å². The molecule has 194 valence electrons. The summed E-state index contributed by atoms with van der Waals surface area (Å²) in [5.41, 5.74) is 0.847. The summed E-state index contributed by atoms with van der Waals surface area (Å²) in [6.45, 7) is 0.166. The van der Waals surface area contributed by atoms with E-state index in [4.69, 9.17) is 11.6 Å². The summed E-state index contributed by atoms with van der Waals surface area (Å²) in [4.78, 5) is 34.1. The molecule has 37 heavy (non-hydrogen) atoms. The van der Waals surface area contributed by atoms with Gasteiger partial charge in [0, 0.05) is 59.7 Å². The van der Waals surface area contributed by atoms with Crippen LogP contribution in [0.1, 0.15) is 37.3 Å². The maximum absolute atomic E-state index is 14.4. The number of thiazole rings is 1. The topological polar surface area (TPSA) is 65.5 Å². The molecular weight excluding hydrogens is 525 g/mol. The number of carbonyl (C=O) groups is 2. The van der Waals surface area contributed by atoms with Gasteiger partial charge >= 0.3 is 0 Å². The first-order valence-corrected chi connectivity index (χ1v) is 13.1. The van der Waals surface area contributed by atoms with Crippen LogP contribution >= 0.6 is 22.9 Å². The molecule has 0 bridgehead atoms. The number of rotatable bonds is 8. The van der Waals surface area contributed by atoms with Crippen LogP contribution in [-0.2, 0) is 9.59 Å². The van der Waals surface area contributed by atoms with Gasteiger partial charge in [-0.3, -0.25) is 14.5 Å². The van der Waals surface area contributed by atoms with Gasteiger partial charge in [0.05, 0.1) is 6.04 Å². The smallest absolute Gasteiger partial charge is 0.252 e. The van der Waals surface area contributed by atoms with E-state index in [0.717, 1.165) is 0 Å². The molecule has 3 aromatic rings. The van der Waals surface area contributed by atoms with Crippen LogP contribution in [0.2, 0.25) is 5.02 Å². The third-order valence-electron chi connectivity index (χ3n) is 6.69. The van der Waals surface area contributed by atoms with Gasteiger partial charge in [-0.1, -0.05) is 35.9 Å². The van der Waals surface area contributed by atoms with Crippen molar-refractivity contribution in [2.24, 2.45) is 0 Å². The molecule has 0 radical (unpaired) electrons. The van der Waals surface area contributed by atoms with Crippen molar-refractivity contribution >= 4 is 45.6 Å². The van der Waals surface area contributed by atoms with Crippen molar-refractivity contribution in [2.75, 3.05) is 16.3 Å². The maximum Gasteiger partial charge on any atom is 0.252 e. The summed E-state index contributed by atoms with van der Waals surface area (Å²) in [6.07, 6.45) is 1.55. The molecule has 2 heterocycles. The molecule has 2 amide bonds. The molecule has 1 aliphatic heterocycles. The van der Waals surface area contributed by atoms with Crippen molar-refractivity contribution in [1.29, 1.82) is 0 Å². The van der Waals surface area contributed by atoms with Gasteiger partial charge in [-0.25, -0.2) is 18.2 Å². The summed E-state index contributed by atoms with van der Waals surface area (Å²) in [7, 11) is 0. The molecule has 6 nitrogen and oxygen atoms in total. The lowest BCUT2D eigenvalue weighted by molar-refractivity contribution is -0.130. The van der Waals surface area contributed by atoms with Crippen molar-refractivity contribution < 1.29 is 22.8 Å². The first kappa shape index (κ1) is 25.5. The van der Waals surface area contributed by atoms with Gasteiger partial charge in [-0.2, -0.15) is 0 Å². The minimum absolute atomic E-state index is 0.0883. The van der Waals surface area contributed by atoms with E-state index in [1.807, 2.05) is 0 Å². The Bertz CT molecular complexity index is 1280. The monoisotopic (exact) mass is 548 g/mol. The first-order chi connectivity index (χ1) is 17.7. The van der Waals surface area contributed by atoms with Gasteiger partial charge in [0.15, 0.2) is 5.13 Å². The molecule has 2 unspecified atom stereocenters. The summed E-state index contributed by atoms with van der Waals surface area (Å²) in [6, 6.07) is 10.5. The number of amides is 2. The molecule has 0 spiro atoms. The zero-order chi connectivity index (χ0) is 26.2. The summed E-state index contributed by atoms with van der Waals surface area (Å²) in [5.74, 6) is -3.92. The Morgan fingerprint density at radius 3 is 2.70 bits per heavy atom. The van der Waals surface area contributed by atoms with E-state index < -0.39 is 42.6 Å². The minimum Gasteiger partial charge on any atom is -0.354 e. The van der Waals surface area contributed by atoms with Crippen molar-refractivity contribution in [3.63, 3.8) is 0 Å². The number of nitrogens with zero attached hydrogens (tertiary/aromatic N) is 3. The minimum atomic E-state index is -2.81. The van der Waals surface area contributed by atoms with Crippen LogP contribution in [0.3, 0.4) is 0 Å². The van der Waals surface area contributed by atoms with Crippen molar-refractivity contribution in [3.05, 3.63) is 76.5 Å². The molecule has 1 N–H and O–H groups in total. The quantitative estimate of drug-likeness (QED) is 0.398. The number of carbonyl (C=O) groups excluding carboxylic acids is 2. The van der Waals surface area contributed by atoms with Gasteiger partial charge in [0.2, 0.25) is 11.8 Å². The van der Waals surface area contributed by atoms with E-state index in [-0.39, 0.29) is 18.5 Å². The molecule has 5 rings (SSSR count). The lowest BCUT2D eigenvalue weighted by Gasteiger charge is -2.40. The number of halogens is 4. The van der Waals surface area contributed by atoms with E-state index in [1.165, 1.54) is 29.5 Å². The number of hydrogen-bond donors (Lipinski definition) is 1. The van der Waals surface area contributed by atoms with Gasteiger partial charge < -0.3 is 10.2 Å². The highest BCUT2D eigenvalue weighted by atomic mass is 35.5.